The summed E-state index contributed by atoms with van der Waals surface area (Å²) in [6.07, 6.45) is 4.75. The predicted molar refractivity (Wildman–Crippen MR) is 117 cm³/mol. The van der Waals surface area contributed by atoms with Gasteiger partial charge in [-0.15, -0.1) is 10.2 Å². The van der Waals surface area contributed by atoms with Crippen molar-refractivity contribution in [3.63, 3.8) is 0 Å². The van der Waals surface area contributed by atoms with Crippen LogP contribution in [0.2, 0.25) is 0 Å². The minimum atomic E-state index is -0.109. The monoisotopic (exact) mass is 423 g/mol. The fraction of sp³-hybridized carbons (Fsp3) is 0.348. The summed E-state index contributed by atoms with van der Waals surface area (Å²) in [6.45, 7) is 4.16. The molecule has 1 amide bonds. The van der Waals surface area contributed by atoms with Crippen molar-refractivity contribution < 1.29 is 13.9 Å². The molecule has 6 nitrogen and oxygen atoms in total. The molecule has 30 heavy (non-hydrogen) atoms. The van der Waals surface area contributed by atoms with Crippen LogP contribution in [0.5, 0.6) is 5.75 Å². The molecule has 1 aliphatic carbocycles. The average molecular weight is 424 g/mol. The molecular weight excluding hydrogens is 398 g/mol. The molecule has 2 aromatic carbocycles. The van der Waals surface area contributed by atoms with Gasteiger partial charge in [0.1, 0.15) is 5.75 Å². The molecule has 0 unspecified atom stereocenters. The number of aryl methyl sites for hydroxylation is 4. The van der Waals surface area contributed by atoms with Crippen molar-refractivity contribution >= 4 is 23.4 Å². The van der Waals surface area contributed by atoms with E-state index in [1.807, 2.05) is 38.1 Å². The fourth-order valence-electron chi connectivity index (χ4n) is 3.61. The van der Waals surface area contributed by atoms with Crippen molar-refractivity contribution in [1.82, 2.24) is 10.2 Å². The first kappa shape index (κ1) is 20.5. The zero-order valence-electron chi connectivity index (χ0n) is 17.2. The zero-order valence-corrected chi connectivity index (χ0v) is 18.1. The van der Waals surface area contributed by atoms with Crippen molar-refractivity contribution in [3.05, 3.63) is 64.5 Å². The fourth-order valence-corrected chi connectivity index (χ4v) is 4.19. The van der Waals surface area contributed by atoms with Crippen LogP contribution < -0.4 is 10.1 Å². The molecule has 0 saturated heterocycles. The molecule has 1 aliphatic rings. The van der Waals surface area contributed by atoms with E-state index in [4.69, 9.17) is 9.15 Å². The summed E-state index contributed by atoms with van der Waals surface area (Å²) in [5.41, 5.74) is 5.72. The highest BCUT2D eigenvalue weighted by Gasteiger charge is 2.13. The third-order valence-corrected chi connectivity index (χ3v) is 6.02. The Balaban J connectivity index is 1.27. The Bertz CT molecular complexity index is 1030. The molecule has 0 aliphatic heterocycles. The summed E-state index contributed by atoms with van der Waals surface area (Å²) in [5.74, 6) is 1.30. The van der Waals surface area contributed by atoms with E-state index in [0.717, 1.165) is 35.4 Å². The number of carbonyl (C=O) groups excluding carboxylic acids is 1. The molecule has 1 N–H and O–H groups in total. The third kappa shape index (κ3) is 5.02. The molecule has 1 heterocycles. The van der Waals surface area contributed by atoms with Crippen molar-refractivity contribution in [1.29, 1.82) is 0 Å². The Morgan fingerprint density at radius 1 is 1.10 bits per heavy atom. The molecule has 4 rings (SSSR count). The van der Waals surface area contributed by atoms with Gasteiger partial charge in [-0.05, 0) is 73.9 Å². The van der Waals surface area contributed by atoms with Gasteiger partial charge < -0.3 is 14.5 Å². The number of amides is 1. The number of fused-ring (bicyclic) bond motifs is 1. The lowest BCUT2D eigenvalue weighted by Crippen LogP contribution is -2.15. The van der Waals surface area contributed by atoms with E-state index in [-0.39, 0.29) is 18.3 Å². The van der Waals surface area contributed by atoms with E-state index in [1.54, 1.807) is 0 Å². The lowest BCUT2D eigenvalue weighted by molar-refractivity contribution is -0.113. The predicted octanol–water partition coefficient (Wildman–Crippen LogP) is 4.88. The molecule has 1 aromatic heterocycles. The standard InChI is InChI=1S/C23H25N3O3S/c1-15-6-5-7-16(2)22(15)24-20(27)14-30-23-26-25-21(29-23)13-28-19-11-10-17-8-3-4-9-18(17)12-19/h5-7,10-12H,3-4,8-9,13-14H2,1-2H3,(H,24,27). The first-order valence-corrected chi connectivity index (χ1v) is 11.1. The number of ether oxygens (including phenoxy) is 1. The van der Waals surface area contributed by atoms with Crippen molar-refractivity contribution in [2.24, 2.45) is 0 Å². The number of benzene rings is 2. The largest absolute Gasteiger partial charge is 0.484 e. The van der Waals surface area contributed by atoms with Gasteiger partial charge in [-0.1, -0.05) is 36.0 Å². The second-order valence-corrected chi connectivity index (χ2v) is 8.42. The van der Waals surface area contributed by atoms with Gasteiger partial charge in [0.25, 0.3) is 11.1 Å². The number of nitrogens with one attached hydrogen (secondary N) is 1. The van der Waals surface area contributed by atoms with Gasteiger partial charge in [0, 0.05) is 5.69 Å². The normalized spacial score (nSPS) is 13.0. The number of rotatable bonds is 7. The Morgan fingerprint density at radius 3 is 2.67 bits per heavy atom. The van der Waals surface area contributed by atoms with Crippen LogP contribution in [0.4, 0.5) is 5.69 Å². The lowest BCUT2D eigenvalue weighted by Gasteiger charge is -2.16. The second-order valence-electron chi connectivity index (χ2n) is 7.49. The van der Waals surface area contributed by atoms with E-state index in [9.17, 15) is 4.79 Å². The van der Waals surface area contributed by atoms with E-state index in [1.165, 1.54) is 35.7 Å². The summed E-state index contributed by atoms with van der Waals surface area (Å²) in [4.78, 5) is 12.3. The highest BCUT2D eigenvalue weighted by Crippen LogP contribution is 2.26. The number of thioether (sulfide) groups is 1. The summed E-state index contributed by atoms with van der Waals surface area (Å²) in [6, 6.07) is 12.2. The number of nitrogens with zero attached hydrogens (tertiary/aromatic N) is 2. The van der Waals surface area contributed by atoms with Crippen LogP contribution in [0.25, 0.3) is 0 Å². The van der Waals surface area contributed by atoms with Gasteiger partial charge in [0.05, 0.1) is 5.75 Å². The van der Waals surface area contributed by atoms with Crippen LogP contribution in [0, 0.1) is 13.8 Å². The summed E-state index contributed by atoms with van der Waals surface area (Å²) in [7, 11) is 0. The number of hydrogen-bond acceptors (Lipinski definition) is 6. The van der Waals surface area contributed by atoms with Crippen LogP contribution in [0.1, 0.15) is 41.0 Å². The van der Waals surface area contributed by atoms with Gasteiger partial charge in [-0.3, -0.25) is 4.79 Å². The SMILES string of the molecule is Cc1cccc(C)c1NC(=O)CSc1nnc(COc2ccc3c(c2)CCCC3)o1. The van der Waals surface area contributed by atoms with Gasteiger partial charge in [-0.2, -0.15) is 0 Å². The maximum Gasteiger partial charge on any atom is 0.277 e. The minimum absolute atomic E-state index is 0.109. The molecule has 156 valence electrons. The summed E-state index contributed by atoms with van der Waals surface area (Å²) >= 11 is 1.21. The lowest BCUT2D eigenvalue weighted by atomic mass is 9.92. The molecule has 0 spiro atoms. The van der Waals surface area contributed by atoms with Crippen molar-refractivity contribution in [2.45, 2.75) is 51.4 Å². The topological polar surface area (TPSA) is 77.2 Å². The molecular formula is C23H25N3O3S. The summed E-state index contributed by atoms with van der Waals surface area (Å²) in [5, 5.41) is 11.3. The van der Waals surface area contributed by atoms with Crippen molar-refractivity contribution in [3.8, 4) is 5.75 Å². The second kappa shape index (κ2) is 9.34. The maximum atomic E-state index is 12.3. The molecule has 0 fully saturated rings. The molecule has 0 saturated carbocycles. The van der Waals surface area contributed by atoms with Crippen LogP contribution in [0.3, 0.4) is 0 Å². The highest BCUT2D eigenvalue weighted by molar-refractivity contribution is 7.99. The first-order valence-electron chi connectivity index (χ1n) is 10.1. The van der Waals surface area contributed by atoms with E-state index < -0.39 is 0 Å². The molecule has 0 radical (unpaired) electrons. The molecule has 7 heteroatoms. The first-order chi connectivity index (χ1) is 14.6. The van der Waals surface area contributed by atoms with Gasteiger partial charge in [-0.25, -0.2) is 0 Å². The number of aromatic nitrogens is 2. The smallest absolute Gasteiger partial charge is 0.277 e. The molecule has 0 atom stereocenters. The molecule has 0 bridgehead atoms. The minimum Gasteiger partial charge on any atom is -0.484 e. The highest BCUT2D eigenvalue weighted by atomic mass is 32.2. The van der Waals surface area contributed by atoms with E-state index in [2.05, 4.69) is 27.6 Å². The van der Waals surface area contributed by atoms with Crippen molar-refractivity contribution in [2.75, 3.05) is 11.1 Å². The quantitative estimate of drug-likeness (QED) is 0.546. The van der Waals surface area contributed by atoms with Gasteiger partial charge in [0.2, 0.25) is 5.91 Å². The third-order valence-electron chi connectivity index (χ3n) is 5.20. The maximum absolute atomic E-state index is 12.3. The Labute approximate surface area is 180 Å². The van der Waals surface area contributed by atoms with Crippen LogP contribution >= 0.6 is 11.8 Å². The van der Waals surface area contributed by atoms with E-state index in [0.29, 0.717) is 11.1 Å². The van der Waals surface area contributed by atoms with Crippen LogP contribution in [-0.2, 0) is 24.2 Å². The van der Waals surface area contributed by atoms with E-state index >= 15 is 0 Å². The number of carbonyl (C=O) groups is 1. The number of para-hydroxylation sites is 1. The van der Waals surface area contributed by atoms with Crippen LogP contribution in [-0.4, -0.2) is 21.9 Å². The summed E-state index contributed by atoms with van der Waals surface area (Å²) < 4.78 is 11.4. The van der Waals surface area contributed by atoms with Gasteiger partial charge >= 0.3 is 0 Å². The van der Waals surface area contributed by atoms with Crippen LogP contribution in [0.15, 0.2) is 46.0 Å². The Hall–Kier alpha value is -2.80. The zero-order chi connectivity index (χ0) is 20.9. The Kier molecular flexibility index (Phi) is 6.38. The average Bonchev–Trinajstić information content (AvgIpc) is 3.21. The number of anilines is 1. The van der Waals surface area contributed by atoms with Gasteiger partial charge in [0.15, 0.2) is 6.61 Å². The number of hydrogen-bond donors (Lipinski definition) is 1. The Morgan fingerprint density at radius 2 is 1.87 bits per heavy atom. The molecule has 3 aromatic rings.